The zero-order valence-electron chi connectivity index (χ0n) is 13.2. The van der Waals surface area contributed by atoms with E-state index in [1.807, 2.05) is 31.2 Å². The van der Waals surface area contributed by atoms with Crippen LogP contribution >= 0.6 is 11.6 Å². The van der Waals surface area contributed by atoms with Crippen molar-refractivity contribution in [2.45, 2.75) is 25.7 Å². The Hall–Kier alpha value is -2.60. The van der Waals surface area contributed by atoms with E-state index in [9.17, 15) is 4.79 Å². The summed E-state index contributed by atoms with van der Waals surface area (Å²) in [6.45, 7) is 1.88. The third-order valence-corrected chi connectivity index (χ3v) is 4.47. The maximum Gasteiger partial charge on any atom is 0.248 e. The van der Waals surface area contributed by atoms with Crippen LogP contribution in [0.5, 0.6) is 0 Å². The number of aromatic amines is 1. The number of aromatic nitrogens is 1. The number of halogens is 1. The van der Waals surface area contributed by atoms with Crippen LogP contribution in [0.3, 0.4) is 0 Å². The SMILES string of the molecule is Cc1cc(=O)[nH]c2c1/C(=N\N=C(N)N)CC(c1ccccc1Cl)C2. The minimum Gasteiger partial charge on any atom is -0.369 e. The summed E-state index contributed by atoms with van der Waals surface area (Å²) >= 11 is 6.34. The molecular weight excluding hydrogens is 326 g/mol. The number of fused-ring (bicyclic) bond motifs is 1. The molecule has 1 aromatic carbocycles. The first-order chi connectivity index (χ1) is 11.5. The second kappa shape index (κ2) is 6.49. The second-order valence-corrected chi connectivity index (χ2v) is 6.28. The van der Waals surface area contributed by atoms with Gasteiger partial charge in [-0.05, 0) is 42.9 Å². The van der Waals surface area contributed by atoms with Crippen molar-refractivity contribution in [3.05, 3.63) is 68.1 Å². The van der Waals surface area contributed by atoms with Gasteiger partial charge in [0.15, 0.2) is 0 Å². The molecule has 3 rings (SSSR count). The monoisotopic (exact) mass is 343 g/mol. The Balaban J connectivity index is 2.14. The molecule has 1 unspecified atom stereocenters. The number of aryl methyl sites for hydroxylation is 1. The molecule has 5 N–H and O–H groups in total. The van der Waals surface area contributed by atoms with Gasteiger partial charge in [0.1, 0.15) is 0 Å². The number of nitrogens with zero attached hydrogens (tertiary/aromatic N) is 2. The van der Waals surface area contributed by atoms with Crippen LogP contribution in [-0.4, -0.2) is 16.7 Å². The lowest BCUT2D eigenvalue weighted by Gasteiger charge is -2.27. The van der Waals surface area contributed by atoms with Crippen molar-refractivity contribution in [3.8, 4) is 0 Å². The van der Waals surface area contributed by atoms with E-state index in [0.717, 1.165) is 28.1 Å². The number of pyridine rings is 1. The molecule has 1 heterocycles. The molecule has 0 fully saturated rings. The van der Waals surface area contributed by atoms with Gasteiger partial charge < -0.3 is 16.5 Å². The molecule has 1 aromatic heterocycles. The molecule has 24 heavy (non-hydrogen) atoms. The zero-order valence-corrected chi connectivity index (χ0v) is 14.0. The van der Waals surface area contributed by atoms with Crippen LogP contribution in [0.25, 0.3) is 0 Å². The molecule has 6 nitrogen and oxygen atoms in total. The summed E-state index contributed by atoms with van der Waals surface area (Å²) in [7, 11) is 0. The van der Waals surface area contributed by atoms with E-state index in [2.05, 4.69) is 15.2 Å². The minimum atomic E-state index is -0.132. The maximum absolute atomic E-state index is 11.9. The Morgan fingerprint density at radius 3 is 2.75 bits per heavy atom. The van der Waals surface area contributed by atoms with Crippen LogP contribution in [0.1, 0.15) is 34.7 Å². The van der Waals surface area contributed by atoms with Crippen LogP contribution < -0.4 is 17.0 Å². The van der Waals surface area contributed by atoms with Crippen LogP contribution in [0.15, 0.2) is 45.3 Å². The summed E-state index contributed by atoms with van der Waals surface area (Å²) in [5, 5.41) is 8.70. The van der Waals surface area contributed by atoms with Crippen LogP contribution in [0, 0.1) is 6.92 Å². The molecule has 0 saturated heterocycles. The predicted molar refractivity (Wildman–Crippen MR) is 96.7 cm³/mol. The van der Waals surface area contributed by atoms with Gasteiger partial charge in [0.05, 0.1) is 5.71 Å². The zero-order chi connectivity index (χ0) is 17.3. The van der Waals surface area contributed by atoms with Crippen molar-refractivity contribution >= 4 is 23.3 Å². The molecule has 2 aromatic rings. The van der Waals surface area contributed by atoms with E-state index in [4.69, 9.17) is 23.1 Å². The number of hydrogen-bond acceptors (Lipinski definition) is 3. The summed E-state index contributed by atoms with van der Waals surface area (Å²) in [6, 6.07) is 9.24. The number of nitrogens with two attached hydrogens (primary N) is 2. The number of hydrogen-bond donors (Lipinski definition) is 3. The third-order valence-electron chi connectivity index (χ3n) is 4.13. The number of H-pyrrole nitrogens is 1. The lowest BCUT2D eigenvalue weighted by Crippen LogP contribution is -2.26. The fraction of sp³-hybridized carbons (Fsp3) is 0.235. The predicted octanol–water partition coefficient (Wildman–Crippen LogP) is 2.04. The average molecular weight is 344 g/mol. The molecule has 0 bridgehead atoms. The van der Waals surface area contributed by atoms with Crippen LogP contribution in [0.2, 0.25) is 5.02 Å². The summed E-state index contributed by atoms with van der Waals surface area (Å²) in [6.07, 6.45) is 1.32. The standard InChI is InChI=1S/C17H18ClN5O/c1-9-6-15(24)21-13-7-10(11-4-2-3-5-12(11)18)8-14(16(9)13)22-23-17(19)20/h2-6,10H,7-8H2,1H3,(H,21,24)(H4,19,20,23)/b22-14-. The second-order valence-electron chi connectivity index (χ2n) is 5.87. The van der Waals surface area contributed by atoms with E-state index in [-0.39, 0.29) is 17.4 Å². The van der Waals surface area contributed by atoms with Gasteiger partial charge in [0.25, 0.3) is 0 Å². The lowest BCUT2D eigenvalue weighted by molar-refractivity contribution is 0.675. The summed E-state index contributed by atoms with van der Waals surface area (Å²) in [5.41, 5.74) is 15.0. The molecule has 1 aliphatic rings. The first-order valence-electron chi connectivity index (χ1n) is 7.58. The van der Waals surface area contributed by atoms with E-state index in [1.165, 1.54) is 0 Å². The number of benzene rings is 1. The fourth-order valence-electron chi connectivity index (χ4n) is 3.20. The van der Waals surface area contributed by atoms with Crippen molar-refractivity contribution < 1.29 is 0 Å². The Bertz CT molecular complexity index is 896. The van der Waals surface area contributed by atoms with E-state index < -0.39 is 0 Å². The molecule has 1 atom stereocenters. The fourth-order valence-corrected chi connectivity index (χ4v) is 3.49. The Morgan fingerprint density at radius 2 is 2.04 bits per heavy atom. The number of guanidine groups is 1. The van der Waals surface area contributed by atoms with Gasteiger partial charge in [-0.3, -0.25) is 4.79 Å². The first-order valence-corrected chi connectivity index (χ1v) is 7.96. The Morgan fingerprint density at radius 1 is 1.29 bits per heavy atom. The highest BCUT2D eigenvalue weighted by molar-refractivity contribution is 6.31. The van der Waals surface area contributed by atoms with Crippen molar-refractivity contribution in [2.75, 3.05) is 0 Å². The van der Waals surface area contributed by atoms with Crippen molar-refractivity contribution in [1.29, 1.82) is 0 Å². The molecule has 0 saturated carbocycles. The van der Waals surface area contributed by atoms with E-state index in [1.54, 1.807) is 6.07 Å². The van der Waals surface area contributed by atoms with Gasteiger partial charge in [-0.1, -0.05) is 29.8 Å². The molecule has 124 valence electrons. The largest absolute Gasteiger partial charge is 0.369 e. The quantitative estimate of drug-likeness (QED) is 0.441. The van der Waals surface area contributed by atoms with E-state index >= 15 is 0 Å². The first kappa shape index (κ1) is 16.3. The van der Waals surface area contributed by atoms with Crippen LogP contribution in [0.4, 0.5) is 0 Å². The highest BCUT2D eigenvalue weighted by Gasteiger charge is 2.28. The highest BCUT2D eigenvalue weighted by Crippen LogP contribution is 2.36. The molecule has 0 spiro atoms. The molecule has 7 heteroatoms. The Labute approximate surface area is 144 Å². The summed E-state index contributed by atoms with van der Waals surface area (Å²) < 4.78 is 0. The normalized spacial score (nSPS) is 18.2. The highest BCUT2D eigenvalue weighted by atomic mass is 35.5. The minimum absolute atomic E-state index is 0.0941. The van der Waals surface area contributed by atoms with Gasteiger partial charge in [0, 0.05) is 22.3 Å². The van der Waals surface area contributed by atoms with Crippen molar-refractivity contribution in [1.82, 2.24) is 4.98 Å². The van der Waals surface area contributed by atoms with Gasteiger partial charge in [0.2, 0.25) is 11.5 Å². The molecular formula is C17H18ClN5O. The van der Waals surface area contributed by atoms with E-state index in [0.29, 0.717) is 17.9 Å². The molecule has 1 aliphatic carbocycles. The van der Waals surface area contributed by atoms with Gasteiger partial charge in [-0.2, -0.15) is 5.10 Å². The lowest BCUT2D eigenvalue weighted by atomic mass is 9.80. The maximum atomic E-state index is 11.9. The van der Waals surface area contributed by atoms with Gasteiger partial charge in [-0.15, -0.1) is 5.10 Å². The van der Waals surface area contributed by atoms with Crippen molar-refractivity contribution in [3.63, 3.8) is 0 Å². The van der Waals surface area contributed by atoms with Crippen molar-refractivity contribution in [2.24, 2.45) is 21.7 Å². The molecule has 0 aliphatic heterocycles. The number of rotatable bonds is 2. The smallest absolute Gasteiger partial charge is 0.248 e. The summed E-state index contributed by atoms with van der Waals surface area (Å²) in [4.78, 5) is 14.8. The molecule has 0 amide bonds. The number of nitrogens with one attached hydrogen (secondary N) is 1. The topological polar surface area (TPSA) is 110 Å². The molecule has 0 radical (unpaired) electrons. The van der Waals surface area contributed by atoms with Gasteiger partial charge >= 0.3 is 0 Å². The van der Waals surface area contributed by atoms with Crippen LogP contribution in [-0.2, 0) is 6.42 Å². The Kier molecular flexibility index (Phi) is 4.40. The van der Waals surface area contributed by atoms with Gasteiger partial charge in [-0.25, -0.2) is 0 Å². The average Bonchev–Trinajstić information content (AvgIpc) is 2.52. The third kappa shape index (κ3) is 3.19. The summed E-state index contributed by atoms with van der Waals surface area (Å²) in [5.74, 6) is -0.0115.